The topological polar surface area (TPSA) is 83.8 Å². The average molecular weight is 390 g/mol. The number of benzene rings is 1. The Labute approximate surface area is 162 Å². The Morgan fingerprint density at radius 3 is 1.89 bits per heavy atom. The van der Waals surface area contributed by atoms with Gasteiger partial charge >= 0.3 is 0 Å². The third-order valence-electron chi connectivity index (χ3n) is 4.59. The molecule has 146 valence electrons. The molecule has 6 heteroatoms. The summed E-state index contributed by atoms with van der Waals surface area (Å²) in [5, 5.41) is 10.8. The quantitative estimate of drug-likeness (QED) is 0.626. The third-order valence-corrected chi connectivity index (χ3v) is 5.38. The van der Waals surface area contributed by atoms with Gasteiger partial charge < -0.3 is 5.11 Å². The van der Waals surface area contributed by atoms with E-state index >= 15 is 0 Å². The number of rotatable bonds is 3. The summed E-state index contributed by atoms with van der Waals surface area (Å²) in [6, 6.07) is 3.31. The first-order valence-corrected chi connectivity index (χ1v) is 10.0. The van der Waals surface area contributed by atoms with Gasteiger partial charge in [0.15, 0.2) is 5.78 Å². The molecule has 5 nitrogen and oxygen atoms in total. The second-order valence-corrected chi connectivity index (χ2v) is 9.66. The Balaban J connectivity index is 2.70. The summed E-state index contributed by atoms with van der Waals surface area (Å²) in [6.07, 6.45) is 1.75. The summed E-state index contributed by atoms with van der Waals surface area (Å²) in [5.74, 6) is -0.230. The molecule has 0 saturated carbocycles. The summed E-state index contributed by atoms with van der Waals surface area (Å²) in [7, 11) is -2.55. The minimum Gasteiger partial charge on any atom is -0.507 e. The molecule has 0 aromatic heterocycles. The van der Waals surface area contributed by atoms with Crippen LogP contribution < -0.4 is 0 Å². The maximum absolute atomic E-state index is 13.2. The zero-order valence-electron chi connectivity index (χ0n) is 17.0. The Hall–Kier alpha value is -2.21. The van der Waals surface area contributed by atoms with Crippen molar-refractivity contribution >= 4 is 26.7 Å². The normalized spacial score (nSPS) is 14.9. The minimum absolute atomic E-state index is 0.0369. The summed E-state index contributed by atoms with van der Waals surface area (Å²) in [6.45, 7) is 13.5. The van der Waals surface area contributed by atoms with Crippen LogP contribution in [0.4, 0.5) is 0 Å². The van der Waals surface area contributed by atoms with Crippen molar-refractivity contribution in [3.63, 3.8) is 0 Å². The number of hydrogen-bond donors (Lipinski definition) is 1. The molecule has 0 fully saturated rings. The number of phenols is 1. The highest BCUT2D eigenvalue weighted by molar-refractivity contribution is 7.75. The van der Waals surface area contributed by atoms with Crippen molar-refractivity contribution in [3.8, 4) is 5.75 Å². The van der Waals surface area contributed by atoms with E-state index in [2.05, 4.69) is 4.99 Å². The largest absolute Gasteiger partial charge is 0.507 e. The first-order chi connectivity index (χ1) is 12.3. The molecule has 0 bridgehead atoms. The summed E-state index contributed by atoms with van der Waals surface area (Å²) >= 11 is 0. The molecule has 1 aliphatic rings. The molecule has 0 aliphatic carbocycles. The molecule has 0 atom stereocenters. The predicted molar refractivity (Wildman–Crippen MR) is 110 cm³/mol. The zero-order chi connectivity index (χ0) is 20.7. The molecule has 0 amide bonds. The molecule has 0 radical (unpaired) electrons. The van der Waals surface area contributed by atoms with E-state index in [9.17, 15) is 18.3 Å². The Morgan fingerprint density at radius 1 is 1.04 bits per heavy atom. The molecule has 1 N–H and O–H groups in total. The van der Waals surface area contributed by atoms with Crippen molar-refractivity contribution in [3.05, 3.63) is 40.6 Å². The van der Waals surface area contributed by atoms with Crippen molar-refractivity contribution < 1.29 is 18.3 Å². The van der Waals surface area contributed by atoms with Crippen LogP contribution in [-0.2, 0) is 21.1 Å². The number of aromatic hydroxyl groups is 1. The van der Waals surface area contributed by atoms with E-state index in [-0.39, 0.29) is 27.0 Å². The summed E-state index contributed by atoms with van der Waals surface area (Å²) in [4.78, 5) is 17.2. The highest BCUT2D eigenvalue weighted by Gasteiger charge is 2.31. The van der Waals surface area contributed by atoms with Crippen LogP contribution in [0.15, 0.2) is 28.9 Å². The molecule has 27 heavy (non-hydrogen) atoms. The van der Waals surface area contributed by atoms with Crippen LogP contribution in [0.25, 0.3) is 0 Å². The van der Waals surface area contributed by atoms with Gasteiger partial charge in [0.05, 0.1) is 11.3 Å². The van der Waals surface area contributed by atoms with Crippen molar-refractivity contribution in [2.75, 3.05) is 0 Å². The minimum atomic E-state index is -2.55. The van der Waals surface area contributed by atoms with Gasteiger partial charge in [0.1, 0.15) is 10.6 Å². The summed E-state index contributed by atoms with van der Waals surface area (Å²) in [5.41, 5.74) is 1.34. The fraction of sp³-hybridized carbons (Fsp3) is 0.476. The van der Waals surface area contributed by atoms with Crippen molar-refractivity contribution in [1.82, 2.24) is 0 Å². The first kappa shape index (κ1) is 21.1. The maximum Gasteiger partial charge on any atom is 0.224 e. The van der Waals surface area contributed by atoms with E-state index in [1.54, 1.807) is 19.1 Å². The van der Waals surface area contributed by atoms with E-state index in [1.165, 1.54) is 6.20 Å². The lowest BCUT2D eigenvalue weighted by atomic mass is 9.77. The van der Waals surface area contributed by atoms with E-state index in [4.69, 9.17) is 0 Å². The van der Waals surface area contributed by atoms with Crippen LogP contribution in [-0.4, -0.2) is 29.9 Å². The fourth-order valence-corrected chi connectivity index (χ4v) is 3.79. The highest BCUT2D eigenvalue weighted by Crippen LogP contribution is 2.40. The van der Waals surface area contributed by atoms with Crippen molar-refractivity contribution in [2.24, 2.45) is 4.99 Å². The maximum atomic E-state index is 13.2. The molecule has 0 saturated heterocycles. The molecular weight excluding hydrogens is 362 g/mol. The number of carbonyl (C=O) groups excluding carboxylic acids is 1. The molecule has 1 heterocycles. The van der Waals surface area contributed by atoms with E-state index in [0.717, 1.165) is 0 Å². The van der Waals surface area contributed by atoms with Gasteiger partial charge in [-0.3, -0.25) is 9.79 Å². The van der Waals surface area contributed by atoms with Crippen LogP contribution in [0.3, 0.4) is 0 Å². The van der Waals surface area contributed by atoms with Crippen LogP contribution in [0.2, 0.25) is 0 Å². The molecule has 0 spiro atoms. The predicted octanol–water partition coefficient (Wildman–Crippen LogP) is 3.97. The second kappa shape index (κ2) is 7.08. The third kappa shape index (κ3) is 4.05. The molecule has 1 aromatic carbocycles. The lowest BCUT2D eigenvalue weighted by molar-refractivity contribution is 0.104. The van der Waals surface area contributed by atoms with Gasteiger partial charge in [-0.15, -0.1) is 0 Å². The van der Waals surface area contributed by atoms with Crippen molar-refractivity contribution in [2.45, 2.75) is 65.7 Å². The number of aliphatic imine (C=N–C) groups is 1. The van der Waals surface area contributed by atoms with E-state index in [0.29, 0.717) is 28.8 Å². The number of phenolic OH excluding ortho intramolecular Hbond substituents is 1. The summed E-state index contributed by atoms with van der Waals surface area (Å²) < 4.78 is 23.3. The number of ketones is 1. The number of hydrogen-bond acceptors (Lipinski definition) is 5. The van der Waals surface area contributed by atoms with Gasteiger partial charge in [-0.25, -0.2) is 0 Å². The SMILES string of the molecule is CCC1=NC=C(C(=O)c2cc(C(C)(C)C)c(O)c(C(C)(C)C)c2)C1=S(=O)=O. The number of nitrogens with zero attached hydrogens (tertiary/aromatic N) is 1. The Morgan fingerprint density at radius 2 is 1.52 bits per heavy atom. The smallest absolute Gasteiger partial charge is 0.224 e. The zero-order valence-corrected chi connectivity index (χ0v) is 17.8. The molecule has 2 rings (SSSR count). The second-order valence-electron chi connectivity index (χ2n) is 8.79. The molecule has 1 aliphatic heterocycles. The van der Waals surface area contributed by atoms with Gasteiger partial charge in [-0.1, -0.05) is 48.5 Å². The van der Waals surface area contributed by atoms with Gasteiger partial charge in [-0.05, 0) is 29.4 Å². The lowest BCUT2D eigenvalue weighted by Crippen LogP contribution is -2.22. The Kier molecular flexibility index (Phi) is 5.53. The monoisotopic (exact) mass is 389 g/mol. The fourth-order valence-electron chi connectivity index (χ4n) is 3.08. The van der Waals surface area contributed by atoms with Gasteiger partial charge in [0, 0.05) is 22.9 Å². The van der Waals surface area contributed by atoms with Gasteiger partial charge in [-0.2, -0.15) is 8.42 Å². The van der Waals surface area contributed by atoms with Gasteiger partial charge in [0.25, 0.3) is 0 Å². The van der Waals surface area contributed by atoms with Crippen LogP contribution in [0.1, 0.15) is 76.4 Å². The Bertz CT molecular complexity index is 955. The average Bonchev–Trinajstić information content (AvgIpc) is 2.96. The van der Waals surface area contributed by atoms with Crippen LogP contribution in [0.5, 0.6) is 5.75 Å². The number of allylic oxidation sites excluding steroid dienone is 1. The lowest BCUT2D eigenvalue weighted by Gasteiger charge is -2.28. The van der Waals surface area contributed by atoms with E-state index < -0.39 is 16.1 Å². The highest BCUT2D eigenvalue weighted by atomic mass is 32.2. The van der Waals surface area contributed by atoms with Crippen molar-refractivity contribution in [1.29, 1.82) is 0 Å². The molecular formula is C21H27NO4S. The molecule has 0 unspecified atom stereocenters. The number of Topliss-reactive ketones (excluding diaryl/α,β-unsaturated/α-hetero) is 1. The van der Waals surface area contributed by atoms with Crippen LogP contribution in [0, 0.1) is 0 Å². The molecule has 1 aromatic rings. The van der Waals surface area contributed by atoms with E-state index in [1.807, 2.05) is 41.5 Å². The number of carbonyl (C=O) groups is 1. The first-order valence-electron chi connectivity index (χ1n) is 8.95. The standard InChI is InChI=1S/C21H27NO4S/c1-8-16-19(27(25)26)13(11-22-16)17(23)12-9-14(20(2,3)4)18(24)15(10-12)21(5,6)7/h9-11,24H,8H2,1-7H3. The van der Waals surface area contributed by atoms with Gasteiger partial charge in [0.2, 0.25) is 10.3 Å². The van der Waals surface area contributed by atoms with Crippen LogP contribution >= 0.6 is 0 Å².